The van der Waals surface area contributed by atoms with Gasteiger partial charge >= 0.3 is 0 Å². The number of anilines is 1. The van der Waals surface area contributed by atoms with Gasteiger partial charge in [0.2, 0.25) is 5.95 Å². The van der Waals surface area contributed by atoms with Crippen LogP contribution in [-0.4, -0.2) is 23.8 Å². The Morgan fingerprint density at radius 1 is 1.33 bits per heavy atom. The molecule has 1 aromatic carbocycles. The minimum atomic E-state index is -0.711. The molecular formula is C9H10F2N4. The molecule has 2 aromatic rings. The Kier molecular flexibility index (Phi) is 1.99. The molecule has 2 rings (SSSR count). The zero-order valence-corrected chi connectivity index (χ0v) is 8.33. The molecule has 0 aliphatic heterocycles. The van der Waals surface area contributed by atoms with Gasteiger partial charge < -0.3 is 10.7 Å². The van der Waals surface area contributed by atoms with E-state index in [0.717, 1.165) is 6.07 Å². The summed E-state index contributed by atoms with van der Waals surface area (Å²) < 4.78 is 27.8. The average Bonchev–Trinajstić information content (AvgIpc) is 2.41. The lowest BCUT2D eigenvalue weighted by Gasteiger charge is -2.15. The molecule has 0 saturated carbocycles. The summed E-state index contributed by atoms with van der Waals surface area (Å²) in [6.07, 6.45) is 0. The van der Waals surface area contributed by atoms with Crippen LogP contribution in [0.4, 0.5) is 14.7 Å². The smallest absolute Gasteiger partial charge is 0.220 e. The van der Waals surface area contributed by atoms with Crippen molar-refractivity contribution in [1.82, 2.24) is 9.66 Å². The second-order valence-corrected chi connectivity index (χ2v) is 3.38. The normalized spacial score (nSPS) is 10.9. The lowest BCUT2D eigenvalue weighted by Crippen LogP contribution is -2.26. The van der Waals surface area contributed by atoms with Crippen LogP contribution < -0.4 is 10.7 Å². The van der Waals surface area contributed by atoms with E-state index < -0.39 is 11.6 Å². The average molecular weight is 212 g/mol. The molecule has 1 heterocycles. The zero-order chi connectivity index (χ0) is 11.2. The molecule has 0 unspecified atom stereocenters. The van der Waals surface area contributed by atoms with E-state index in [2.05, 4.69) is 4.98 Å². The number of halogens is 2. The predicted octanol–water partition coefficient (Wildman–Crippen LogP) is 1.09. The minimum Gasteiger partial charge on any atom is -0.368 e. The molecule has 0 atom stereocenters. The van der Waals surface area contributed by atoms with Gasteiger partial charge in [-0.2, -0.15) is 0 Å². The van der Waals surface area contributed by atoms with Gasteiger partial charge in [-0.15, -0.1) is 0 Å². The number of hydrogen-bond donors (Lipinski definition) is 1. The zero-order valence-electron chi connectivity index (χ0n) is 8.33. The first-order valence-electron chi connectivity index (χ1n) is 4.31. The lowest BCUT2D eigenvalue weighted by molar-refractivity contribution is 0.590. The number of nitrogen functional groups attached to an aromatic ring is 1. The Bertz CT molecular complexity index is 518. The quantitative estimate of drug-likeness (QED) is 0.769. The van der Waals surface area contributed by atoms with Gasteiger partial charge in [-0.05, 0) is 0 Å². The highest BCUT2D eigenvalue weighted by atomic mass is 19.1. The molecule has 0 radical (unpaired) electrons. The second kappa shape index (κ2) is 3.08. The Balaban J connectivity index is 2.86. The van der Waals surface area contributed by atoms with Crippen molar-refractivity contribution in [3.05, 3.63) is 23.8 Å². The van der Waals surface area contributed by atoms with E-state index in [0.29, 0.717) is 5.52 Å². The summed E-state index contributed by atoms with van der Waals surface area (Å²) in [7, 11) is 3.42. The van der Waals surface area contributed by atoms with Crippen LogP contribution in [0.2, 0.25) is 0 Å². The van der Waals surface area contributed by atoms with E-state index in [-0.39, 0.29) is 11.5 Å². The van der Waals surface area contributed by atoms with Gasteiger partial charge in [0.15, 0.2) is 5.82 Å². The van der Waals surface area contributed by atoms with Crippen molar-refractivity contribution in [1.29, 1.82) is 0 Å². The van der Waals surface area contributed by atoms with Crippen molar-refractivity contribution in [2.75, 3.05) is 24.8 Å². The molecule has 4 nitrogen and oxygen atoms in total. The SMILES string of the molecule is CN(C)n1c(N)nc2c(F)cc(F)cc21. The van der Waals surface area contributed by atoms with Gasteiger partial charge in [-0.1, -0.05) is 0 Å². The Morgan fingerprint density at radius 2 is 2.00 bits per heavy atom. The molecule has 15 heavy (non-hydrogen) atoms. The maximum Gasteiger partial charge on any atom is 0.220 e. The summed E-state index contributed by atoms with van der Waals surface area (Å²) in [5.74, 6) is -1.24. The maximum atomic E-state index is 13.3. The molecule has 6 heteroatoms. The minimum absolute atomic E-state index is 0.0719. The van der Waals surface area contributed by atoms with Gasteiger partial charge in [0.1, 0.15) is 11.3 Å². The predicted molar refractivity (Wildman–Crippen MR) is 54.1 cm³/mol. The highest BCUT2D eigenvalue weighted by molar-refractivity contribution is 5.79. The van der Waals surface area contributed by atoms with Crippen LogP contribution in [0.15, 0.2) is 12.1 Å². The second-order valence-electron chi connectivity index (χ2n) is 3.38. The molecule has 80 valence electrons. The van der Waals surface area contributed by atoms with E-state index >= 15 is 0 Å². The fourth-order valence-electron chi connectivity index (χ4n) is 1.53. The molecule has 1 aromatic heterocycles. The summed E-state index contributed by atoms with van der Waals surface area (Å²) in [5, 5.41) is 1.60. The first-order chi connectivity index (χ1) is 7.00. The summed E-state index contributed by atoms with van der Waals surface area (Å²) in [5.41, 5.74) is 5.98. The number of rotatable bonds is 1. The Hall–Kier alpha value is -1.85. The van der Waals surface area contributed by atoms with E-state index in [1.807, 2.05) is 0 Å². The first-order valence-corrected chi connectivity index (χ1v) is 4.31. The van der Waals surface area contributed by atoms with Gasteiger partial charge in [0.25, 0.3) is 0 Å². The maximum absolute atomic E-state index is 13.3. The van der Waals surface area contributed by atoms with Crippen molar-refractivity contribution in [3.8, 4) is 0 Å². The molecule has 2 N–H and O–H groups in total. The molecule has 0 bridgehead atoms. The highest BCUT2D eigenvalue weighted by Gasteiger charge is 2.14. The third-order valence-corrected chi connectivity index (χ3v) is 2.08. The van der Waals surface area contributed by atoms with E-state index in [1.54, 1.807) is 19.1 Å². The number of fused-ring (bicyclic) bond motifs is 1. The highest BCUT2D eigenvalue weighted by Crippen LogP contribution is 2.21. The number of hydrogen-bond acceptors (Lipinski definition) is 3. The lowest BCUT2D eigenvalue weighted by atomic mass is 10.3. The molecule has 0 fully saturated rings. The van der Waals surface area contributed by atoms with Crippen molar-refractivity contribution >= 4 is 17.0 Å². The molecule has 0 saturated heterocycles. The van der Waals surface area contributed by atoms with Crippen LogP contribution in [0, 0.1) is 11.6 Å². The number of nitrogens with two attached hydrogens (primary N) is 1. The number of imidazole rings is 1. The fraction of sp³-hybridized carbons (Fsp3) is 0.222. The van der Waals surface area contributed by atoms with Crippen LogP contribution in [-0.2, 0) is 0 Å². The van der Waals surface area contributed by atoms with Crippen molar-refractivity contribution in [2.24, 2.45) is 0 Å². The van der Waals surface area contributed by atoms with Crippen LogP contribution >= 0.6 is 0 Å². The monoisotopic (exact) mass is 212 g/mol. The molecule has 0 aliphatic rings. The Morgan fingerprint density at radius 3 is 2.60 bits per heavy atom. The summed E-state index contributed by atoms with van der Waals surface area (Å²) in [4.78, 5) is 3.83. The summed E-state index contributed by atoms with van der Waals surface area (Å²) in [6.45, 7) is 0. The molecular weight excluding hydrogens is 202 g/mol. The number of aromatic nitrogens is 2. The topological polar surface area (TPSA) is 47.1 Å². The van der Waals surface area contributed by atoms with Crippen molar-refractivity contribution < 1.29 is 8.78 Å². The third-order valence-electron chi connectivity index (χ3n) is 2.08. The first kappa shape index (κ1) is 9.70. The van der Waals surface area contributed by atoms with Gasteiger partial charge in [0, 0.05) is 26.2 Å². The van der Waals surface area contributed by atoms with E-state index in [4.69, 9.17) is 5.73 Å². The summed E-state index contributed by atoms with van der Waals surface area (Å²) in [6, 6.07) is 1.98. The van der Waals surface area contributed by atoms with Gasteiger partial charge in [-0.25, -0.2) is 18.4 Å². The van der Waals surface area contributed by atoms with Crippen LogP contribution in [0.25, 0.3) is 11.0 Å². The summed E-state index contributed by atoms with van der Waals surface area (Å²) >= 11 is 0. The standard InChI is InChI=1S/C9H10F2N4/c1-14(2)15-7-4-5(10)3-6(11)8(7)13-9(15)12/h3-4H,1-2H3,(H2,12,13). The number of benzene rings is 1. The third kappa shape index (κ3) is 1.38. The van der Waals surface area contributed by atoms with Crippen LogP contribution in [0.5, 0.6) is 0 Å². The van der Waals surface area contributed by atoms with Gasteiger partial charge in [-0.3, -0.25) is 0 Å². The van der Waals surface area contributed by atoms with Crippen LogP contribution in [0.3, 0.4) is 0 Å². The van der Waals surface area contributed by atoms with Crippen molar-refractivity contribution in [3.63, 3.8) is 0 Å². The molecule has 0 aliphatic carbocycles. The van der Waals surface area contributed by atoms with Crippen LogP contribution in [0.1, 0.15) is 0 Å². The molecule has 0 amide bonds. The largest absolute Gasteiger partial charge is 0.368 e. The van der Waals surface area contributed by atoms with E-state index in [1.165, 1.54) is 10.7 Å². The van der Waals surface area contributed by atoms with Gasteiger partial charge in [0.05, 0.1) is 5.52 Å². The van der Waals surface area contributed by atoms with E-state index in [9.17, 15) is 8.78 Å². The van der Waals surface area contributed by atoms with Crippen molar-refractivity contribution in [2.45, 2.75) is 0 Å². The fourth-order valence-corrected chi connectivity index (χ4v) is 1.53. The molecule has 0 spiro atoms. The Labute approximate surface area is 84.9 Å². The number of nitrogens with zero attached hydrogens (tertiary/aromatic N) is 3.